The summed E-state index contributed by atoms with van der Waals surface area (Å²) in [6.45, 7) is 1.93. The smallest absolute Gasteiger partial charge is 0.193 e. The third kappa shape index (κ3) is 2.41. The van der Waals surface area contributed by atoms with Gasteiger partial charge in [-0.2, -0.15) is 0 Å². The number of aromatic nitrogens is 2. The topological polar surface area (TPSA) is 42.9 Å². The van der Waals surface area contributed by atoms with Crippen LogP contribution in [0.2, 0.25) is 0 Å². The molecule has 0 aliphatic rings. The van der Waals surface area contributed by atoms with E-state index >= 15 is 0 Å². The molecule has 0 amide bonds. The Bertz CT molecular complexity index is 585. The Hall–Kier alpha value is -1.17. The van der Waals surface area contributed by atoms with E-state index in [1.807, 2.05) is 25.1 Å². The van der Waals surface area contributed by atoms with Gasteiger partial charge in [-0.05, 0) is 23.1 Å². The predicted molar refractivity (Wildman–Crippen MR) is 76.3 cm³/mol. The summed E-state index contributed by atoms with van der Waals surface area (Å²) in [7, 11) is 5.38. The molecule has 1 aromatic carbocycles. The highest BCUT2D eigenvalue weighted by Crippen LogP contribution is 2.20. The molecule has 2 rings (SSSR count). The van der Waals surface area contributed by atoms with Crippen LogP contribution in [0.25, 0.3) is 11.3 Å². The van der Waals surface area contributed by atoms with Crippen LogP contribution in [0.5, 0.6) is 0 Å². The Labute approximate surface area is 104 Å². The molecule has 0 spiro atoms. The molecule has 5 heteroatoms. The van der Waals surface area contributed by atoms with Gasteiger partial charge in [0.05, 0.1) is 5.69 Å². The number of benzene rings is 1. The van der Waals surface area contributed by atoms with Crippen molar-refractivity contribution >= 4 is 35.4 Å². The summed E-state index contributed by atoms with van der Waals surface area (Å²) in [4.78, 5) is 18.9. The highest BCUT2D eigenvalue weighted by Gasteiger charge is 2.09. The third-order valence-electron chi connectivity index (χ3n) is 2.49. The number of aryl methyl sites for hydroxylation is 1. The number of hydrogen-bond donors (Lipinski definition) is 0. The van der Waals surface area contributed by atoms with Crippen molar-refractivity contribution in [2.24, 2.45) is 0 Å². The van der Waals surface area contributed by atoms with Gasteiger partial charge in [-0.15, -0.1) is 18.5 Å². The zero-order chi connectivity index (χ0) is 12.4. The normalized spacial score (nSPS) is 10.3. The Morgan fingerprint density at radius 3 is 2.76 bits per heavy atom. The molecule has 0 bridgehead atoms. The van der Waals surface area contributed by atoms with E-state index in [9.17, 15) is 4.79 Å². The second-order valence-electron chi connectivity index (χ2n) is 3.69. The van der Waals surface area contributed by atoms with Crippen molar-refractivity contribution in [1.82, 2.24) is 9.97 Å². The van der Waals surface area contributed by atoms with Gasteiger partial charge >= 0.3 is 0 Å². The van der Waals surface area contributed by atoms with Crippen molar-refractivity contribution < 1.29 is 4.79 Å². The molecule has 0 aliphatic heterocycles. The average molecular weight is 262 g/mol. The van der Waals surface area contributed by atoms with E-state index < -0.39 is 0 Å². The van der Waals surface area contributed by atoms with Crippen molar-refractivity contribution in [2.45, 2.75) is 6.92 Å². The van der Waals surface area contributed by atoms with E-state index in [2.05, 4.69) is 28.4 Å². The molecule has 86 valence electrons. The lowest BCUT2D eigenvalue weighted by atomic mass is 10.1. The lowest BCUT2D eigenvalue weighted by Crippen LogP contribution is -2.14. The molecule has 2 atom stereocenters. The largest absolute Gasteiger partial charge is 0.294 e. The second kappa shape index (κ2) is 5.00. The van der Waals surface area contributed by atoms with Gasteiger partial charge in [0, 0.05) is 11.8 Å². The van der Waals surface area contributed by atoms with Crippen LogP contribution >= 0.6 is 18.5 Å². The lowest BCUT2D eigenvalue weighted by molar-refractivity contribution is 0.111. The number of carbonyl (C=O) groups excluding carboxylic acids is 1. The van der Waals surface area contributed by atoms with E-state index in [1.54, 1.807) is 6.20 Å². The number of carbonyl (C=O) groups is 1. The molecule has 0 aliphatic carbocycles. The van der Waals surface area contributed by atoms with Crippen molar-refractivity contribution in [3.8, 4) is 11.3 Å². The number of nitrogens with zero attached hydrogens (tertiary/aromatic N) is 2. The monoisotopic (exact) mass is 262 g/mol. The standard InChI is InChI=1S/C12H12N2OP2/c1-7-5-13-10(6-15)14-11(7)8-3-2-4-9(16)12(8)17/h2-6H,16-17H2,1H3. The predicted octanol–water partition coefficient (Wildman–Crippen LogP) is 1.27. The Balaban J connectivity index is 2.67. The molecule has 1 aromatic heterocycles. The fourth-order valence-corrected chi connectivity index (χ4v) is 2.17. The van der Waals surface area contributed by atoms with Crippen molar-refractivity contribution in [3.63, 3.8) is 0 Å². The zero-order valence-electron chi connectivity index (χ0n) is 9.34. The molecule has 2 aromatic rings. The van der Waals surface area contributed by atoms with Crippen LogP contribution in [0, 0.1) is 6.92 Å². The van der Waals surface area contributed by atoms with E-state index in [4.69, 9.17) is 0 Å². The van der Waals surface area contributed by atoms with Gasteiger partial charge in [0.2, 0.25) is 0 Å². The van der Waals surface area contributed by atoms with Crippen LogP contribution in [0.4, 0.5) is 0 Å². The fraction of sp³-hybridized carbons (Fsp3) is 0.0833. The zero-order valence-corrected chi connectivity index (χ0v) is 11.7. The van der Waals surface area contributed by atoms with Crippen LogP contribution in [0.15, 0.2) is 24.4 Å². The first-order valence-electron chi connectivity index (χ1n) is 5.06. The summed E-state index contributed by atoms with van der Waals surface area (Å²) in [6.07, 6.45) is 2.33. The maximum Gasteiger partial charge on any atom is 0.193 e. The minimum absolute atomic E-state index is 0.212. The van der Waals surface area contributed by atoms with Gasteiger partial charge < -0.3 is 0 Å². The van der Waals surface area contributed by atoms with Crippen LogP contribution < -0.4 is 10.6 Å². The average Bonchev–Trinajstić information content (AvgIpc) is 2.34. The maximum atomic E-state index is 10.7. The van der Waals surface area contributed by atoms with Crippen molar-refractivity contribution in [1.29, 1.82) is 0 Å². The SMILES string of the molecule is Cc1cnc(C=O)nc1-c1cccc(P)c1P. The Morgan fingerprint density at radius 1 is 1.29 bits per heavy atom. The highest BCUT2D eigenvalue weighted by molar-refractivity contribution is 7.36. The summed E-state index contributed by atoms with van der Waals surface area (Å²) in [5.74, 6) is 0.212. The molecule has 0 saturated carbocycles. The van der Waals surface area contributed by atoms with Gasteiger partial charge in [0.25, 0.3) is 0 Å². The third-order valence-corrected chi connectivity index (χ3v) is 3.97. The van der Waals surface area contributed by atoms with Gasteiger partial charge in [0.15, 0.2) is 12.1 Å². The summed E-state index contributed by atoms with van der Waals surface area (Å²) in [5, 5.41) is 2.16. The summed E-state index contributed by atoms with van der Waals surface area (Å²) >= 11 is 0. The molecule has 2 unspecified atom stereocenters. The molecule has 0 fully saturated rings. The van der Waals surface area contributed by atoms with Crippen LogP contribution in [-0.2, 0) is 0 Å². The quantitative estimate of drug-likeness (QED) is 0.604. The van der Waals surface area contributed by atoms with Crippen LogP contribution in [0.3, 0.4) is 0 Å². The molecule has 3 nitrogen and oxygen atoms in total. The van der Waals surface area contributed by atoms with Gasteiger partial charge in [-0.1, -0.05) is 18.2 Å². The minimum atomic E-state index is 0.212. The molecule has 0 saturated heterocycles. The molecular weight excluding hydrogens is 250 g/mol. The van der Waals surface area contributed by atoms with E-state index in [-0.39, 0.29) is 5.82 Å². The first-order valence-corrected chi connectivity index (χ1v) is 6.22. The van der Waals surface area contributed by atoms with Crippen LogP contribution in [0.1, 0.15) is 16.2 Å². The number of aldehydes is 1. The first-order chi connectivity index (χ1) is 8.13. The van der Waals surface area contributed by atoms with Gasteiger partial charge in [-0.3, -0.25) is 4.79 Å². The Morgan fingerprint density at radius 2 is 2.06 bits per heavy atom. The van der Waals surface area contributed by atoms with Crippen molar-refractivity contribution in [3.05, 3.63) is 35.8 Å². The summed E-state index contributed by atoms with van der Waals surface area (Å²) in [6, 6.07) is 5.96. The molecule has 17 heavy (non-hydrogen) atoms. The van der Waals surface area contributed by atoms with Gasteiger partial charge in [-0.25, -0.2) is 9.97 Å². The fourth-order valence-electron chi connectivity index (χ4n) is 1.57. The number of rotatable bonds is 2. The number of hydrogen-bond acceptors (Lipinski definition) is 3. The van der Waals surface area contributed by atoms with Crippen LogP contribution in [-0.4, -0.2) is 16.3 Å². The lowest BCUT2D eigenvalue weighted by Gasteiger charge is -2.10. The Kier molecular flexibility index (Phi) is 3.61. The van der Waals surface area contributed by atoms with Crippen molar-refractivity contribution in [2.75, 3.05) is 0 Å². The minimum Gasteiger partial charge on any atom is -0.294 e. The first kappa shape index (κ1) is 12.3. The molecule has 0 N–H and O–H groups in total. The second-order valence-corrected chi connectivity index (χ2v) is 4.89. The molecule has 0 radical (unpaired) electrons. The highest BCUT2D eigenvalue weighted by atomic mass is 31.0. The summed E-state index contributed by atoms with van der Waals surface area (Å²) in [5.41, 5.74) is 2.76. The van der Waals surface area contributed by atoms with E-state index in [1.165, 1.54) is 0 Å². The maximum absolute atomic E-state index is 10.7. The van der Waals surface area contributed by atoms with E-state index in [0.717, 1.165) is 27.4 Å². The van der Waals surface area contributed by atoms with E-state index in [0.29, 0.717) is 6.29 Å². The summed E-state index contributed by atoms with van der Waals surface area (Å²) < 4.78 is 0. The molecular formula is C12H12N2OP2. The van der Waals surface area contributed by atoms with Gasteiger partial charge in [0.1, 0.15) is 0 Å². The molecule has 1 heterocycles.